The number of rotatable bonds is 2. The van der Waals surface area contributed by atoms with E-state index in [4.69, 9.17) is 4.18 Å². The maximum absolute atomic E-state index is 11.9. The van der Waals surface area contributed by atoms with E-state index in [9.17, 15) is 13.8 Å². The zero-order valence-electron chi connectivity index (χ0n) is 11.6. The standard InChI is InChI=1S/C13H10BNO5S/c1-5-9-10(13(17)20-12(9)16)7-3-6(21(18)19-2)4-8(14)11(7)15-5/h3-4H,14H2,1-2H3. The molecule has 1 aromatic carbocycles. The molecule has 0 N–H and O–H groups in total. The summed E-state index contributed by atoms with van der Waals surface area (Å²) in [5, 5.41) is 0.451. The van der Waals surface area contributed by atoms with Crippen molar-refractivity contribution in [1.82, 2.24) is 4.98 Å². The number of carbonyl (C=O) groups is 2. The first-order chi connectivity index (χ1) is 9.93. The fourth-order valence-corrected chi connectivity index (χ4v) is 3.14. The van der Waals surface area contributed by atoms with E-state index in [0.29, 0.717) is 21.5 Å². The van der Waals surface area contributed by atoms with Crippen LogP contribution in [-0.4, -0.2) is 36.1 Å². The monoisotopic (exact) mass is 303 g/mol. The maximum atomic E-state index is 11.9. The zero-order chi connectivity index (χ0) is 15.3. The van der Waals surface area contributed by atoms with Crippen LogP contribution < -0.4 is 5.46 Å². The highest BCUT2D eigenvalue weighted by Gasteiger charge is 2.34. The van der Waals surface area contributed by atoms with Gasteiger partial charge in [0.25, 0.3) is 0 Å². The van der Waals surface area contributed by atoms with Gasteiger partial charge in [0.05, 0.1) is 34.3 Å². The fourth-order valence-electron chi connectivity index (χ4n) is 2.47. The van der Waals surface area contributed by atoms with Crippen LogP contribution in [-0.2, 0) is 20.0 Å². The van der Waals surface area contributed by atoms with Crippen molar-refractivity contribution >= 4 is 47.2 Å². The van der Waals surface area contributed by atoms with Gasteiger partial charge < -0.3 is 4.74 Å². The number of benzene rings is 1. The molecule has 106 valence electrons. The summed E-state index contributed by atoms with van der Waals surface area (Å²) in [5.41, 5.74) is 2.12. The Morgan fingerprint density at radius 2 is 1.90 bits per heavy atom. The van der Waals surface area contributed by atoms with Gasteiger partial charge in [-0.15, -0.1) is 0 Å². The molecule has 1 aromatic heterocycles. The molecular weight excluding hydrogens is 293 g/mol. The Morgan fingerprint density at radius 3 is 2.57 bits per heavy atom. The molecule has 6 nitrogen and oxygen atoms in total. The topological polar surface area (TPSA) is 82.6 Å². The SMILES string of the molecule is Bc1cc(S(=O)OC)cc2c3c(c(C)nc12)C(=O)OC3=O. The Kier molecular flexibility index (Phi) is 3.14. The van der Waals surface area contributed by atoms with Crippen LogP contribution in [0.2, 0.25) is 0 Å². The van der Waals surface area contributed by atoms with E-state index in [1.54, 1.807) is 26.9 Å². The van der Waals surface area contributed by atoms with E-state index in [1.807, 2.05) is 0 Å². The molecule has 8 heteroatoms. The Hall–Kier alpha value is -2.06. The van der Waals surface area contributed by atoms with Gasteiger partial charge in [0.1, 0.15) is 7.85 Å². The van der Waals surface area contributed by atoms with Gasteiger partial charge in [-0.25, -0.2) is 13.8 Å². The Morgan fingerprint density at radius 1 is 1.24 bits per heavy atom. The van der Waals surface area contributed by atoms with Crippen molar-refractivity contribution in [3.63, 3.8) is 0 Å². The van der Waals surface area contributed by atoms with Crippen LogP contribution in [0, 0.1) is 6.92 Å². The molecule has 0 saturated heterocycles. The Balaban J connectivity index is 2.44. The van der Waals surface area contributed by atoms with Gasteiger partial charge in [0.2, 0.25) is 0 Å². The third kappa shape index (κ3) is 1.98. The zero-order valence-corrected chi connectivity index (χ0v) is 12.4. The number of ether oxygens (including phenoxy) is 1. The highest BCUT2D eigenvalue weighted by Crippen LogP contribution is 2.30. The van der Waals surface area contributed by atoms with Gasteiger partial charge in [0.15, 0.2) is 11.1 Å². The van der Waals surface area contributed by atoms with Gasteiger partial charge in [-0.2, -0.15) is 0 Å². The second kappa shape index (κ2) is 4.75. The number of carbonyl (C=O) groups excluding carboxylic acids is 2. The van der Waals surface area contributed by atoms with Crippen LogP contribution in [0.1, 0.15) is 26.4 Å². The first-order valence-corrected chi connectivity index (χ1v) is 7.19. The van der Waals surface area contributed by atoms with Crippen LogP contribution >= 0.6 is 0 Å². The molecule has 0 fully saturated rings. The summed E-state index contributed by atoms with van der Waals surface area (Å²) in [7, 11) is 3.12. The molecule has 1 aliphatic rings. The number of aryl methyl sites for hydroxylation is 1. The Bertz CT molecular complexity index is 848. The minimum absolute atomic E-state index is 0.173. The van der Waals surface area contributed by atoms with Crippen molar-refractivity contribution < 1.29 is 22.7 Å². The molecule has 0 aliphatic carbocycles. The molecular formula is C13H10BNO5S. The van der Waals surface area contributed by atoms with Crippen molar-refractivity contribution in [2.45, 2.75) is 11.8 Å². The molecule has 1 atom stereocenters. The highest BCUT2D eigenvalue weighted by atomic mass is 32.2. The van der Waals surface area contributed by atoms with E-state index in [1.165, 1.54) is 7.11 Å². The van der Waals surface area contributed by atoms with Crippen molar-refractivity contribution in [1.29, 1.82) is 0 Å². The van der Waals surface area contributed by atoms with Crippen LogP contribution in [0.5, 0.6) is 0 Å². The largest absolute Gasteiger partial charge is 0.386 e. The summed E-state index contributed by atoms with van der Waals surface area (Å²) in [4.78, 5) is 28.4. The van der Waals surface area contributed by atoms with Gasteiger partial charge in [-0.05, 0) is 19.1 Å². The van der Waals surface area contributed by atoms with E-state index in [0.717, 1.165) is 5.46 Å². The third-order valence-corrected chi connectivity index (χ3v) is 4.30. The van der Waals surface area contributed by atoms with Crippen molar-refractivity contribution in [2.24, 2.45) is 0 Å². The first-order valence-electron chi connectivity index (χ1n) is 6.11. The number of cyclic esters (lactones) is 2. The number of hydrogen-bond donors (Lipinski definition) is 0. The van der Waals surface area contributed by atoms with Gasteiger partial charge >= 0.3 is 11.9 Å². The number of esters is 2. The molecule has 2 heterocycles. The molecule has 1 aliphatic heterocycles. The van der Waals surface area contributed by atoms with Crippen molar-refractivity contribution in [3.05, 3.63) is 29.0 Å². The summed E-state index contributed by atoms with van der Waals surface area (Å²) in [6.07, 6.45) is 0. The lowest BCUT2D eigenvalue weighted by Crippen LogP contribution is -2.12. The normalized spacial score (nSPS) is 15.1. The van der Waals surface area contributed by atoms with E-state index >= 15 is 0 Å². The molecule has 0 saturated carbocycles. The van der Waals surface area contributed by atoms with E-state index in [-0.39, 0.29) is 11.1 Å². The second-order valence-corrected chi connectivity index (χ2v) is 5.94. The third-order valence-electron chi connectivity index (χ3n) is 3.37. The Labute approximate surface area is 123 Å². The lowest BCUT2D eigenvalue weighted by Gasteiger charge is -2.09. The summed E-state index contributed by atoms with van der Waals surface area (Å²) in [5.74, 6) is -1.40. The average Bonchev–Trinajstić information content (AvgIpc) is 2.75. The highest BCUT2D eigenvalue weighted by molar-refractivity contribution is 7.80. The quantitative estimate of drug-likeness (QED) is 0.433. The summed E-state index contributed by atoms with van der Waals surface area (Å²) < 4.78 is 21.3. The van der Waals surface area contributed by atoms with Crippen LogP contribution in [0.3, 0.4) is 0 Å². The predicted octanol–water partition coefficient (Wildman–Crippen LogP) is -0.219. The molecule has 0 bridgehead atoms. The van der Waals surface area contributed by atoms with E-state index in [2.05, 4.69) is 9.72 Å². The van der Waals surface area contributed by atoms with Crippen molar-refractivity contribution in [2.75, 3.05) is 7.11 Å². The number of pyridine rings is 1. The lowest BCUT2D eigenvalue weighted by atomic mass is 9.90. The van der Waals surface area contributed by atoms with Gasteiger partial charge in [-0.1, -0.05) is 5.46 Å². The summed E-state index contributed by atoms with van der Waals surface area (Å²) in [6.45, 7) is 1.65. The molecule has 0 spiro atoms. The second-order valence-electron chi connectivity index (χ2n) is 4.66. The van der Waals surface area contributed by atoms with Crippen LogP contribution in [0.4, 0.5) is 0 Å². The summed E-state index contributed by atoms with van der Waals surface area (Å²) in [6, 6.07) is 3.23. The van der Waals surface area contributed by atoms with Crippen LogP contribution in [0.25, 0.3) is 10.9 Å². The minimum atomic E-state index is -1.64. The molecule has 0 amide bonds. The number of aromatic nitrogens is 1. The smallest absolute Gasteiger partial charge is 0.348 e. The molecule has 1 unspecified atom stereocenters. The number of hydrogen-bond acceptors (Lipinski definition) is 6. The first kappa shape index (κ1) is 13.9. The molecule has 3 rings (SSSR count). The van der Waals surface area contributed by atoms with Gasteiger partial charge in [-0.3, -0.25) is 9.17 Å². The van der Waals surface area contributed by atoms with Crippen LogP contribution in [0.15, 0.2) is 17.0 Å². The fraction of sp³-hybridized carbons (Fsp3) is 0.154. The minimum Gasteiger partial charge on any atom is -0.386 e. The van der Waals surface area contributed by atoms with E-state index < -0.39 is 23.0 Å². The lowest BCUT2D eigenvalue weighted by molar-refractivity contribution is 0.0444. The maximum Gasteiger partial charge on any atom is 0.348 e. The van der Waals surface area contributed by atoms with Crippen molar-refractivity contribution in [3.8, 4) is 0 Å². The molecule has 2 aromatic rings. The van der Waals surface area contributed by atoms with Gasteiger partial charge in [0, 0.05) is 5.39 Å². The average molecular weight is 303 g/mol. The molecule has 0 radical (unpaired) electrons. The number of fused-ring (bicyclic) bond motifs is 3. The number of nitrogens with zero attached hydrogens (tertiary/aromatic N) is 1. The predicted molar refractivity (Wildman–Crippen MR) is 77.8 cm³/mol. The molecule has 21 heavy (non-hydrogen) atoms. The summed E-state index contributed by atoms with van der Waals surface area (Å²) >= 11 is -1.64.